The Morgan fingerprint density at radius 1 is 1.35 bits per heavy atom. The van der Waals surface area contributed by atoms with Crippen molar-refractivity contribution in [3.05, 3.63) is 23.2 Å². The Balaban J connectivity index is 3.01. The molecule has 0 saturated heterocycles. The second-order valence-corrected chi connectivity index (χ2v) is 7.18. The number of hydrogen-bond donors (Lipinski definition) is 1. The van der Waals surface area contributed by atoms with Crippen LogP contribution in [0.1, 0.15) is 12.8 Å². The van der Waals surface area contributed by atoms with Crippen molar-refractivity contribution in [2.75, 3.05) is 25.3 Å². The highest BCUT2D eigenvalue weighted by molar-refractivity contribution is 7.89. The number of halogens is 2. The third kappa shape index (κ3) is 4.34. The lowest BCUT2D eigenvalue weighted by atomic mass is 10.3. The summed E-state index contributed by atoms with van der Waals surface area (Å²) in [5.74, 6) is 0.176. The molecule has 0 aliphatic carbocycles. The van der Waals surface area contributed by atoms with E-state index in [-0.39, 0.29) is 22.2 Å². The molecule has 8 heteroatoms. The van der Waals surface area contributed by atoms with Crippen molar-refractivity contribution in [1.29, 1.82) is 0 Å². The van der Waals surface area contributed by atoms with Crippen molar-refractivity contribution in [2.45, 2.75) is 17.7 Å². The van der Waals surface area contributed by atoms with Gasteiger partial charge < -0.3 is 5.32 Å². The molecule has 0 bridgehead atoms. The minimum atomic E-state index is -3.65. The molecule has 0 atom stereocenters. The maximum Gasteiger partial charge on any atom is 0.244 e. The third-order valence-corrected chi connectivity index (χ3v) is 5.07. The number of carbonyl (C=O) groups excluding carboxylic acids is 1. The normalized spacial score (nSPS) is 11.7. The summed E-state index contributed by atoms with van der Waals surface area (Å²) in [6.07, 6.45) is 0.839. The fourth-order valence-corrected chi connectivity index (χ4v) is 2.95. The van der Waals surface area contributed by atoms with Crippen LogP contribution in [0.15, 0.2) is 23.1 Å². The third-order valence-electron chi connectivity index (χ3n) is 2.51. The van der Waals surface area contributed by atoms with E-state index in [1.54, 1.807) is 6.07 Å². The topological polar surface area (TPSA) is 66.5 Å². The predicted molar refractivity (Wildman–Crippen MR) is 80.9 cm³/mol. The summed E-state index contributed by atoms with van der Waals surface area (Å²) >= 11 is 11.4. The number of benzene rings is 1. The Morgan fingerprint density at radius 2 is 2.00 bits per heavy atom. The van der Waals surface area contributed by atoms with Gasteiger partial charge in [-0.25, -0.2) is 12.7 Å². The van der Waals surface area contributed by atoms with Crippen LogP contribution in [-0.4, -0.2) is 38.6 Å². The Labute approximate surface area is 128 Å². The molecule has 20 heavy (non-hydrogen) atoms. The summed E-state index contributed by atoms with van der Waals surface area (Å²) in [6.45, 7) is 0. The first kappa shape index (κ1) is 17.2. The molecule has 0 fully saturated rings. The second kappa shape index (κ2) is 7.26. The molecule has 5 nitrogen and oxygen atoms in total. The van der Waals surface area contributed by atoms with Crippen molar-refractivity contribution in [1.82, 2.24) is 4.31 Å². The second-order valence-electron chi connectivity index (χ2n) is 4.27. The zero-order valence-corrected chi connectivity index (χ0v) is 13.5. The van der Waals surface area contributed by atoms with Gasteiger partial charge in [-0.3, -0.25) is 4.79 Å². The summed E-state index contributed by atoms with van der Waals surface area (Å²) in [7, 11) is -0.826. The van der Waals surface area contributed by atoms with Crippen LogP contribution < -0.4 is 5.32 Å². The number of hydrogen-bond acceptors (Lipinski definition) is 3. The van der Waals surface area contributed by atoms with Crippen molar-refractivity contribution < 1.29 is 13.2 Å². The number of rotatable bonds is 6. The van der Waals surface area contributed by atoms with E-state index in [1.165, 1.54) is 26.2 Å². The van der Waals surface area contributed by atoms with Crippen LogP contribution in [0.3, 0.4) is 0 Å². The Morgan fingerprint density at radius 3 is 2.55 bits per heavy atom. The van der Waals surface area contributed by atoms with Crippen LogP contribution in [0.5, 0.6) is 0 Å². The summed E-state index contributed by atoms with van der Waals surface area (Å²) in [6, 6.07) is 4.33. The van der Waals surface area contributed by atoms with Gasteiger partial charge in [0.1, 0.15) is 4.90 Å². The number of amides is 1. The molecule has 0 aliphatic heterocycles. The van der Waals surface area contributed by atoms with Crippen LogP contribution in [0.25, 0.3) is 0 Å². The molecule has 0 saturated carbocycles. The molecule has 1 aromatic carbocycles. The minimum absolute atomic E-state index is 0.0423. The lowest BCUT2D eigenvalue weighted by Crippen LogP contribution is -2.22. The fraction of sp³-hybridized carbons (Fsp3) is 0.417. The molecule has 0 aromatic heterocycles. The molecular formula is C12H16Cl2N2O3S. The minimum Gasteiger partial charge on any atom is -0.326 e. The van der Waals surface area contributed by atoms with Gasteiger partial charge in [0.25, 0.3) is 0 Å². The maximum absolute atomic E-state index is 12.1. The van der Waals surface area contributed by atoms with Gasteiger partial charge in [0.2, 0.25) is 15.9 Å². The first-order chi connectivity index (χ1) is 9.28. The summed E-state index contributed by atoms with van der Waals surface area (Å²) < 4.78 is 25.2. The fourth-order valence-electron chi connectivity index (χ4n) is 1.43. The monoisotopic (exact) mass is 338 g/mol. The van der Waals surface area contributed by atoms with Gasteiger partial charge in [0, 0.05) is 32.1 Å². The number of alkyl halides is 1. The van der Waals surface area contributed by atoms with Crippen LogP contribution in [-0.2, 0) is 14.8 Å². The summed E-state index contributed by atoms with van der Waals surface area (Å²) in [4.78, 5) is 11.5. The Hall–Kier alpha value is -0.820. The van der Waals surface area contributed by atoms with Gasteiger partial charge in [-0.1, -0.05) is 11.6 Å². The molecule has 0 radical (unpaired) electrons. The van der Waals surface area contributed by atoms with Gasteiger partial charge in [0.15, 0.2) is 0 Å². The predicted octanol–water partition coefficient (Wildman–Crippen LogP) is 2.55. The smallest absolute Gasteiger partial charge is 0.244 e. The number of nitrogens with zero attached hydrogens (tertiary/aromatic N) is 1. The zero-order valence-electron chi connectivity index (χ0n) is 11.2. The highest BCUT2D eigenvalue weighted by Crippen LogP contribution is 2.26. The van der Waals surface area contributed by atoms with E-state index in [0.717, 1.165) is 4.31 Å². The van der Waals surface area contributed by atoms with Crippen molar-refractivity contribution in [2.24, 2.45) is 0 Å². The molecule has 1 aromatic rings. The molecule has 0 spiro atoms. The standard InChI is InChI=1S/C12H16Cl2N2O3S/c1-16(2)20(18,19)11-8-9(5-6-10(11)14)15-12(17)4-3-7-13/h5-6,8H,3-4,7H2,1-2H3,(H,15,17). The largest absolute Gasteiger partial charge is 0.326 e. The van der Waals surface area contributed by atoms with Gasteiger partial charge >= 0.3 is 0 Å². The van der Waals surface area contributed by atoms with Gasteiger partial charge in [0.05, 0.1) is 5.02 Å². The van der Waals surface area contributed by atoms with Crippen LogP contribution in [0.2, 0.25) is 5.02 Å². The quantitative estimate of drug-likeness (QED) is 0.810. The molecule has 1 N–H and O–H groups in total. The van der Waals surface area contributed by atoms with Gasteiger partial charge in [-0.2, -0.15) is 0 Å². The average molecular weight is 339 g/mol. The molecular weight excluding hydrogens is 323 g/mol. The number of nitrogens with one attached hydrogen (secondary N) is 1. The number of anilines is 1. The van der Waals surface area contributed by atoms with E-state index in [1.807, 2.05) is 0 Å². The first-order valence-electron chi connectivity index (χ1n) is 5.87. The van der Waals surface area contributed by atoms with Crippen molar-refractivity contribution >= 4 is 44.8 Å². The van der Waals surface area contributed by atoms with E-state index in [9.17, 15) is 13.2 Å². The van der Waals surface area contributed by atoms with Gasteiger partial charge in [-0.15, -0.1) is 11.6 Å². The molecule has 112 valence electrons. The van der Waals surface area contributed by atoms with Crippen LogP contribution >= 0.6 is 23.2 Å². The van der Waals surface area contributed by atoms with E-state index >= 15 is 0 Å². The zero-order chi connectivity index (χ0) is 15.3. The molecule has 0 aliphatic rings. The van der Waals surface area contributed by atoms with E-state index < -0.39 is 10.0 Å². The summed E-state index contributed by atoms with van der Waals surface area (Å²) in [5.41, 5.74) is 0.384. The Kier molecular flexibility index (Phi) is 6.26. The lowest BCUT2D eigenvalue weighted by Gasteiger charge is -2.14. The summed E-state index contributed by atoms with van der Waals surface area (Å²) in [5, 5.41) is 2.72. The van der Waals surface area contributed by atoms with E-state index in [2.05, 4.69) is 5.32 Å². The van der Waals surface area contributed by atoms with Crippen LogP contribution in [0, 0.1) is 0 Å². The molecule has 1 rings (SSSR count). The van der Waals surface area contributed by atoms with E-state index in [0.29, 0.717) is 18.0 Å². The highest BCUT2D eigenvalue weighted by Gasteiger charge is 2.21. The molecule has 1 amide bonds. The van der Waals surface area contributed by atoms with Gasteiger partial charge in [-0.05, 0) is 24.6 Å². The number of sulfonamides is 1. The maximum atomic E-state index is 12.1. The van der Waals surface area contributed by atoms with Crippen molar-refractivity contribution in [3.8, 4) is 0 Å². The average Bonchev–Trinajstić information content (AvgIpc) is 2.38. The van der Waals surface area contributed by atoms with Crippen molar-refractivity contribution in [3.63, 3.8) is 0 Å². The molecule has 0 unspecified atom stereocenters. The molecule has 0 heterocycles. The first-order valence-corrected chi connectivity index (χ1v) is 8.22. The Bertz CT molecular complexity index is 588. The SMILES string of the molecule is CN(C)S(=O)(=O)c1cc(NC(=O)CCCCl)ccc1Cl. The van der Waals surface area contributed by atoms with E-state index in [4.69, 9.17) is 23.2 Å². The lowest BCUT2D eigenvalue weighted by molar-refractivity contribution is -0.116. The number of carbonyl (C=O) groups is 1. The van der Waals surface area contributed by atoms with Crippen LogP contribution in [0.4, 0.5) is 5.69 Å². The highest BCUT2D eigenvalue weighted by atomic mass is 35.5.